The highest BCUT2D eigenvalue weighted by Crippen LogP contribution is 2.31. The van der Waals surface area contributed by atoms with Crippen molar-refractivity contribution < 1.29 is 14.6 Å². The zero-order valence-electron chi connectivity index (χ0n) is 12.9. The summed E-state index contributed by atoms with van der Waals surface area (Å²) in [6, 6.07) is 16.2. The number of esters is 1. The van der Waals surface area contributed by atoms with Crippen LogP contribution in [0.4, 0.5) is 5.69 Å². The first-order valence-electron chi connectivity index (χ1n) is 6.98. The number of methoxy groups -OCH3 is 1. The monoisotopic (exact) mass is 297 g/mol. The zero-order valence-corrected chi connectivity index (χ0v) is 12.9. The molecule has 0 bridgehead atoms. The lowest BCUT2D eigenvalue weighted by atomic mass is 9.83. The van der Waals surface area contributed by atoms with Crippen LogP contribution in [0.25, 0.3) is 0 Å². The summed E-state index contributed by atoms with van der Waals surface area (Å²) in [4.78, 5) is 16.7. The van der Waals surface area contributed by atoms with Gasteiger partial charge < -0.3 is 9.84 Å². The van der Waals surface area contributed by atoms with Gasteiger partial charge in [0, 0.05) is 0 Å². The van der Waals surface area contributed by atoms with E-state index in [9.17, 15) is 9.90 Å². The molecule has 22 heavy (non-hydrogen) atoms. The molecule has 1 N–H and O–H groups in total. The lowest BCUT2D eigenvalue weighted by Gasteiger charge is -2.24. The maximum atomic E-state index is 12.2. The molecule has 0 aliphatic heterocycles. The molecule has 2 aromatic rings. The third-order valence-corrected chi connectivity index (χ3v) is 3.45. The predicted octanol–water partition coefficient (Wildman–Crippen LogP) is 3.71. The van der Waals surface area contributed by atoms with Crippen molar-refractivity contribution in [2.45, 2.75) is 13.8 Å². The van der Waals surface area contributed by atoms with Gasteiger partial charge in [-0.2, -0.15) is 0 Å². The summed E-state index contributed by atoms with van der Waals surface area (Å²) in [6.45, 7) is 3.51. The topological polar surface area (TPSA) is 58.9 Å². The zero-order chi connectivity index (χ0) is 16.2. The molecule has 0 atom stereocenters. The number of phenols is 1. The van der Waals surface area contributed by atoms with Crippen LogP contribution in [0.1, 0.15) is 19.4 Å². The van der Waals surface area contributed by atoms with Crippen molar-refractivity contribution in [3.8, 4) is 5.75 Å². The fraction of sp³-hybridized carbons (Fsp3) is 0.222. The van der Waals surface area contributed by atoms with Gasteiger partial charge in [0.2, 0.25) is 0 Å². The molecule has 0 spiro atoms. The molecule has 2 rings (SSSR count). The average molecular weight is 297 g/mol. The number of hydrogen-bond acceptors (Lipinski definition) is 4. The van der Waals surface area contributed by atoms with Crippen molar-refractivity contribution in [3.05, 3.63) is 60.2 Å². The summed E-state index contributed by atoms with van der Waals surface area (Å²) in [6.07, 6.45) is 0. The standard InChI is InChI=1S/C18H19NO3/c1-18(2,17(21)22-3)16(13-9-5-4-6-10-13)19-14-11-7-8-12-15(14)20/h4-12,20H,1-3H3. The van der Waals surface area contributed by atoms with E-state index in [2.05, 4.69) is 4.99 Å². The van der Waals surface area contributed by atoms with Crippen LogP contribution < -0.4 is 0 Å². The molecular formula is C18H19NO3. The largest absolute Gasteiger partial charge is 0.506 e. The Hall–Kier alpha value is -2.62. The Morgan fingerprint density at radius 1 is 1.05 bits per heavy atom. The Morgan fingerprint density at radius 3 is 2.23 bits per heavy atom. The van der Waals surface area contributed by atoms with Gasteiger partial charge in [0.05, 0.1) is 12.8 Å². The molecule has 0 saturated heterocycles. The molecule has 4 nitrogen and oxygen atoms in total. The van der Waals surface area contributed by atoms with E-state index in [1.807, 2.05) is 30.3 Å². The normalized spacial score (nSPS) is 12.0. The van der Waals surface area contributed by atoms with Crippen molar-refractivity contribution in [1.82, 2.24) is 0 Å². The van der Waals surface area contributed by atoms with Crippen molar-refractivity contribution in [2.75, 3.05) is 7.11 Å². The van der Waals surface area contributed by atoms with Gasteiger partial charge in [0.15, 0.2) is 0 Å². The average Bonchev–Trinajstić information content (AvgIpc) is 2.53. The lowest BCUT2D eigenvalue weighted by Crippen LogP contribution is -2.35. The van der Waals surface area contributed by atoms with E-state index in [0.717, 1.165) is 5.56 Å². The van der Waals surface area contributed by atoms with Crippen LogP contribution in [-0.2, 0) is 9.53 Å². The van der Waals surface area contributed by atoms with Crippen molar-refractivity contribution in [2.24, 2.45) is 10.4 Å². The maximum absolute atomic E-state index is 12.2. The van der Waals surface area contributed by atoms with E-state index < -0.39 is 5.41 Å². The van der Waals surface area contributed by atoms with E-state index in [4.69, 9.17) is 4.74 Å². The van der Waals surface area contributed by atoms with Gasteiger partial charge in [-0.25, -0.2) is 4.99 Å². The molecule has 2 aromatic carbocycles. The Balaban J connectivity index is 2.62. The molecule has 0 saturated carbocycles. The second kappa shape index (κ2) is 6.43. The molecule has 0 fully saturated rings. The van der Waals surface area contributed by atoms with Gasteiger partial charge in [-0.05, 0) is 31.5 Å². The molecule has 114 valence electrons. The van der Waals surface area contributed by atoms with Crippen LogP contribution in [0.2, 0.25) is 0 Å². The first kappa shape index (κ1) is 15.8. The van der Waals surface area contributed by atoms with E-state index in [1.54, 1.807) is 38.1 Å². The maximum Gasteiger partial charge on any atom is 0.317 e. The smallest absolute Gasteiger partial charge is 0.317 e. The minimum atomic E-state index is -0.946. The van der Waals surface area contributed by atoms with E-state index in [1.165, 1.54) is 7.11 Å². The number of nitrogens with zero attached hydrogens (tertiary/aromatic N) is 1. The van der Waals surface area contributed by atoms with E-state index >= 15 is 0 Å². The minimum absolute atomic E-state index is 0.0663. The first-order valence-corrected chi connectivity index (χ1v) is 6.98. The number of para-hydroxylation sites is 2. The van der Waals surface area contributed by atoms with Crippen molar-refractivity contribution >= 4 is 17.4 Å². The van der Waals surface area contributed by atoms with E-state index in [-0.39, 0.29) is 11.7 Å². The van der Waals surface area contributed by atoms with Crippen molar-refractivity contribution in [3.63, 3.8) is 0 Å². The third kappa shape index (κ3) is 3.17. The second-order valence-electron chi connectivity index (χ2n) is 5.43. The van der Waals surface area contributed by atoms with Crippen LogP contribution in [0.5, 0.6) is 5.75 Å². The number of carbonyl (C=O) groups excluding carboxylic acids is 1. The molecule has 0 unspecified atom stereocenters. The van der Waals surface area contributed by atoms with Gasteiger partial charge in [-0.3, -0.25) is 4.79 Å². The molecular weight excluding hydrogens is 278 g/mol. The highest BCUT2D eigenvalue weighted by atomic mass is 16.5. The summed E-state index contributed by atoms with van der Waals surface area (Å²) in [5.74, 6) is -0.317. The third-order valence-electron chi connectivity index (χ3n) is 3.45. The summed E-state index contributed by atoms with van der Waals surface area (Å²) in [5.41, 5.74) is 0.819. The fourth-order valence-electron chi connectivity index (χ4n) is 2.19. The predicted molar refractivity (Wildman–Crippen MR) is 86.5 cm³/mol. The first-order chi connectivity index (χ1) is 10.5. The number of hydrogen-bond donors (Lipinski definition) is 1. The number of ether oxygens (including phenoxy) is 1. The molecule has 0 aromatic heterocycles. The Morgan fingerprint density at radius 2 is 1.64 bits per heavy atom. The van der Waals surface area contributed by atoms with Crippen LogP contribution in [-0.4, -0.2) is 23.9 Å². The SMILES string of the molecule is COC(=O)C(C)(C)C(=Nc1ccccc1O)c1ccccc1. The van der Waals surface area contributed by atoms with Gasteiger partial charge in [-0.15, -0.1) is 0 Å². The Bertz CT molecular complexity index is 690. The Labute approximate surface area is 130 Å². The Kier molecular flexibility index (Phi) is 4.61. The molecule has 0 aliphatic carbocycles. The van der Waals surface area contributed by atoms with Crippen LogP contribution in [0.3, 0.4) is 0 Å². The highest BCUT2D eigenvalue weighted by molar-refractivity contribution is 6.15. The highest BCUT2D eigenvalue weighted by Gasteiger charge is 2.35. The number of aromatic hydroxyl groups is 1. The number of phenolic OH excluding ortho intramolecular Hbond substituents is 1. The molecule has 0 radical (unpaired) electrons. The van der Waals surface area contributed by atoms with Gasteiger partial charge in [0.1, 0.15) is 16.9 Å². The second-order valence-corrected chi connectivity index (χ2v) is 5.43. The number of benzene rings is 2. The van der Waals surface area contributed by atoms with Crippen molar-refractivity contribution in [1.29, 1.82) is 0 Å². The number of rotatable bonds is 4. The summed E-state index contributed by atoms with van der Waals surface area (Å²) in [5, 5.41) is 9.94. The quantitative estimate of drug-likeness (QED) is 0.691. The van der Waals surface area contributed by atoms with Gasteiger partial charge in [-0.1, -0.05) is 42.5 Å². The van der Waals surface area contributed by atoms with Gasteiger partial charge in [0.25, 0.3) is 0 Å². The van der Waals surface area contributed by atoms with Crippen LogP contribution in [0.15, 0.2) is 59.6 Å². The number of carbonyl (C=O) groups is 1. The molecule has 0 amide bonds. The fourth-order valence-corrected chi connectivity index (χ4v) is 2.19. The van der Waals surface area contributed by atoms with Gasteiger partial charge >= 0.3 is 5.97 Å². The molecule has 0 heterocycles. The molecule has 4 heteroatoms. The molecule has 0 aliphatic rings. The summed E-state index contributed by atoms with van der Waals surface area (Å²) < 4.78 is 4.90. The van der Waals surface area contributed by atoms with Crippen LogP contribution in [0, 0.1) is 5.41 Å². The summed E-state index contributed by atoms with van der Waals surface area (Å²) >= 11 is 0. The number of aliphatic imine (C=N–C) groups is 1. The summed E-state index contributed by atoms with van der Waals surface area (Å²) in [7, 11) is 1.35. The minimum Gasteiger partial charge on any atom is -0.506 e. The van der Waals surface area contributed by atoms with Crippen LogP contribution >= 0.6 is 0 Å². The van der Waals surface area contributed by atoms with E-state index in [0.29, 0.717) is 11.4 Å². The lowest BCUT2D eigenvalue weighted by molar-refractivity contribution is -0.146.